The summed E-state index contributed by atoms with van der Waals surface area (Å²) in [6.07, 6.45) is 4.75. The molecule has 0 bridgehead atoms. The summed E-state index contributed by atoms with van der Waals surface area (Å²) in [6.45, 7) is 0. The van der Waals surface area contributed by atoms with Crippen molar-refractivity contribution >= 4 is 32.7 Å². The molecule has 1 aliphatic rings. The topological polar surface area (TPSA) is 51.8 Å². The maximum atomic E-state index is 6.34. The lowest BCUT2D eigenvalue weighted by atomic mass is 9.84. The van der Waals surface area contributed by atoms with E-state index in [-0.39, 0.29) is 0 Å². The van der Waals surface area contributed by atoms with E-state index in [1.165, 1.54) is 68.3 Å². The standard InChI is InChI=1S/C59H41N3O/c1-3-13-38(14-4-1)44-20-11-21-45(33-44)48-34-47(35-49(36-48)51-24-12-19-40-15-7-9-22-50(40)51)39-25-27-43(28-26-39)58-60-57(42-17-5-2-6-18-42)61-59(62-58)46-30-31-54-53(37-46)56-52-23-10-8-16-41(52)29-32-55(56)63-54/h1-6,8,10-14,16-21,23-37H,7,9,15,22H2. The van der Waals surface area contributed by atoms with Crippen LogP contribution in [0.5, 0.6) is 0 Å². The minimum Gasteiger partial charge on any atom is -0.456 e. The van der Waals surface area contributed by atoms with Crippen molar-refractivity contribution in [2.24, 2.45) is 0 Å². The summed E-state index contributed by atoms with van der Waals surface area (Å²) in [5.74, 6) is 1.86. The molecule has 1 aliphatic carbocycles. The summed E-state index contributed by atoms with van der Waals surface area (Å²) >= 11 is 0. The van der Waals surface area contributed by atoms with Crippen molar-refractivity contribution in [3.05, 3.63) is 211 Å². The molecule has 4 heteroatoms. The van der Waals surface area contributed by atoms with Gasteiger partial charge in [-0.15, -0.1) is 0 Å². The second-order valence-corrected chi connectivity index (χ2v) is 16.6. The van der Waals surface area contributed by atoms with Crippen LogP contribution in [0.2, 0.25) is 0 Å². The monoisotopic (exact) mass is 807 g/mol. The molecule has 12 rings (SSSR count). The molecule has 0 amide bonds. The van der Waals surface area contributed by atoms with Crippen molar-refractivity contribution in [2.45, 2.75) is 25.7 Å². The normalized spacial score (nSPS) is 12.5. The average molecular weight is 808 g/mol. The molecule has 4 nitrogen and oxygen atoms in total. The number of hydrogen-bond donors (Lipinski definition) is 0. The van der Waals surface area contributed by atoms with Gasteiger partial charge in [-0.2, -0.15) is 0 Å². The third-order valence-corrected chi connectivity index (χ3v) is 12.7. The Balaban J connectivity index is 0.970. The summed E-state index contributed by atoms with van der Waals surface area (Å²) in [5.41, 5.74) is 17.1. The van der Waals surface area contributed by atoms with Gasteiger partial charge in [0.05, 0.1) is 0 Å². The molecule has 0 spiro atoms. The molecule has 2 aromatic heterocycles. The smallest absolute Gasteiger partial charge is 0.164 e. The van der Waals surface area contributed by atoms with Crippen LogP contribution in [0, 0.1) is 0 Å². The number of nitrogens with zero attached hydrogens (tertiary/aromatic N) is 3. The zero-order valence-electron chi connectivity index (χ0n) is 34.6. The van der Waals surface area contributed by atoms with Gasteiger partial charge in [0.15, 0.2) is 17.5 Å². The number of fused-ring (bicyclic) bond motifs is 6. The Kier molecular flexibility index (Phi) is 9.07. The summed E-state index contributed by atoms with van der Waals surface area (Å²) in [7, 11) is 0. The molecule has 0 atom stereocenters. The van der Waals surface area contributed by atoms with Gasteiger partial charge in [0, 0.05) is 27.5 Å². The maximum absolute atomic E-state index is 6.34. The van der Waals surface area contributed by atoms with Crippen LogP contribution in [0.4, 0.5) is 0 Å². The number of furan rings is 1. The molecule has 2 heterocycles. The predicted octanol–water partition coefficient (Wildman–Crippen LogP) is 15.5. The molecule has 0 fully saturated rings. The van der Waals surface area contributed by atoms with Crippen LogP contribution >= 0.6 is 0 Å². The Morgan fingerprint density at radius 1 is 0.333 bits per heavy atom. The maximum Gasteiger partial charge on any atom is 0.164 e. The SMILES string of the molecule is c1ccc(-c2cccc(-c3cc(-c4ccc(-c5nc(-c6ccccc6)nc(-c6ccc7oc8ccc9ccccc9c8c7c6)n5)cc4)cc(-c4cccc5c4CCCC5)c3)c2)cc1. The lowest BCUT2D eigenvalue weighted by molar-refractivity contribution is 0.669. The number of benzene rings is 9. The molecule has 11 aromatic rings. The third kappa shape index (κ3) is 6.86. The van der Waals surface area contributed by atoms with Crippen molar-refractivity contribution in [3.8, 4) is 78.7 Å². The van der Waals surface area contributed by atoms with E-state index >= 15 is 0 Å². The van der Waals surface area contributed by atoms with Gasteiger partial charge in [-0.05, 0) is 141 Å². The first-order chi connectivity index (χ1) is 31.2. The first-order valence-electron chi connectivity index (χ1n) is 21.9. The molecule has 298 valence electrons. The van der Waals surface area contributed by atoms with Crippen LogP contribution in [-0.4, -0.2) is 15.0 Å². The summed E-state index contributed by atoms with van der Waals surface area (Å²) in [6, 6.07) is 71.3. The van der Waals surface area contributed by atoms with Crippen LogP contribution in [0.3, 0.4) is 0 Å². The zero-order valence-corrected chi connectivity index (χ0v) is 34.6. The van der Waals surface area contributed by atoms with E-state index in [1.807, 2.05) is 30.3 Å². The second kappa shape index (κ2) is 15.5. The summed E-state index contributed by atoms with van der Waals surface area (Å²) < 4.78 is 6.34. The number of rotatable bonds is 7. The van der Waals surface area contributed by atoms with Crippen molar-refractivity contribution in [1.82, 2.24) is 15.0 Å². The van der Waals surface area contributed by atoms with Gasteiger partial charge < -0.3 is 4.42 Å². The van der Waals surface area contributed by atoms with Gasteiger partial charge in [-0.25, -0.2) is 15.0 Å². The average Bonchev–Trinajstić information content (AvgIpc) is 3.75. The highest BCUT2D eigenvalue weighted by Gasteiger charge is 2.19. The highest BCUT2D eigenvalue weighted by Crippen LogP contribution is 2.40. The molecule has 0 saturated heterocycles. The summed E-state index contributed by atoms with van der Waals surface area (Å²) in [5, 5.41) is 4.47. The van der Waals surface area contributed by atoms with Gasteiger partial charge in [0.25, 0.3) is 0 Å². The minimum absolute atomic E-state index is 0.612. The molecule has 9 aromatic carbocycles. The van der Waals surface area contributed by atoms with E-state index in [9.17, 15) is 0 Å². The van der Waals surface area contributed by atoms with E-state index < -0.39 is 0 Å². The largest absolute Gasteiger partial charge is 0.456 e. The first-order valence-corrected chi connectivity index (χ1v) is 21.9. The second-order valence-electron chi connectivity index (χ2n) is 16.6. The summed E-state index contributed by atoms with van der Waals surface area (Å²) in [4.78, 5) is 15.3. The molecular formula is C59H41N3O. The minimum atomic E-state index is 0.612. The fourth-order valence-electron chi connectivity index (χ4n) is 9.53. The number of aryl methyl sites for hydroxylation is 1. The van der Waals surface area contributed by atoms with Crippen molar-refractivity contribution in [3.63, 3.8) is 0 Å². The van der Waals surface area contributed by atoms with Gasteiger partial charge in [-0.1, -0.05) is 152 Å². The predicted molar refractivity (Wildman–Crippen MR) is 259 cm³/mol. The molecule has 63 heavy (non-hydrogen) atoms. The highest BCUT2D eigenvalue weighted by atomic mass is 16.3. The highest BCUT2D eigenvalue weighted by molar-refractivity contribution is 6.19. The van der Waals surface area contributed by atoms with Crippen molar-refractivity contribution in [1.29, 1.82) is 0 Å². The Morgan fingerprint density at radius 2 is 0.873 bits per heavy atom. The van der Waals surface area contributed by atoms with Gasteiger partial charge >= 0.3 is 0 Å². The molecular weight excluding hydrogens is 767 g/mol. The number of hydrogen-bond acceptors (Lipinski definition) is 4. The van der Waals surface area contributed by atoms with Gasteiger partial charge in [0.1, 0.15) is 11.2 Å². The van der Waals surface area contributed by atoms with Crippen molar-refractivity contribution in [2.75, 3.05) is 0 Å². The van der Waals surface area contributed by atoms with E-state index in [4.69, 9.17) is 19.4 Å². The lowest BCUT2D eigenvalue weighted by Crippen LogP contribution is -2.04. The van der Waals surface area contributed by atoms with E-state index in [0.29, 0.717) is 17.5 Å². The molecule has 0 aliphatic heterocycles. The van der Waals surface area contributed by atoms with E-state index in [1.54, 1.807) is 0 Å². The van der Waals surface area contributed by atoms with Gasteiger partial charge in [-0.3, -0.25) is 0 Å². The molecule has 0 radical (unpaired) electrons. The van der Waals surface area contributed by atoms with Crippen molar-refractivity contribution < 1.29 is 4.42 Å². The molecule has 0 saturated carbocycles. The molecule has 0 N–H and O–H groups in total. The van der Waals surface area contributed by atoms with Crippen LogP contribution in [0.1, 0.15) is 24.0 Å². The Bertz CT molecular complexity index is 3500. The van der Waals surface area contributed by atoms with Crippen LogP contribution in [-0.2, 0) is 12.8 Å². The van der Waals surface area contributed by atoms with E-state index in [2.05, 4.69) is 170 Å². The number of aromatic nitrogens is 3. The van der Waals surface area contributed by atoms with E-state index in [0.717, 1.165) is 62.4 Å². The van der Waals surface area contributed by atoms with Crippen LogP contribution in [0.25, 0.3) is 111 Å². The van der Waals surface area contributed by atoms with Gasteiger partial charge in [0.2, 0.25) is 0 Å². The fourth-order valence-corrected chi connectivity index (χ4v) is 9.53. The fraction of sp³-hybridized carbons (Fsp3) is 0.0678. The quantitative estimate of drug-likeness (QED) is 0.161. The Morgan fingerprint density at radius 3 is 1.67 bits per heavy atom. The third-order valence-electron chi connectivity index (χ3n) is 12.7. The Labute approximate surface area is 366 Å². The van der Waals surface area contributed by atoms with Crippen LogP contribution < -0.4 is 0 Å². The molecule has 0 unspecified atom stereocenters. The zero-order chi connectivity index (χ0) is 41.7. The lowest BCUT2D eigenvalue weighted by Gasteiger charge is -2.20. The Hall–Kier alpha value is -7.95. The van der Waals surface area contributed by atoms with Crippen LogP contribution in [0.15, 0.2) is 205 Å². The first kappa shape index (κ1) is 36.9.